The van der Waals surface area contributed by atoms with Crippen molar-refractivity contribution >= 4 is 35.8 Å². The molecule has 6 nitrogen and oxygen atoms in total. The predicted octanol–water partition coefficient (Wildman–Crippen LogP) is 2.09. The number of methoxy groups -OCH3 is 1. The number of para-hydroxylation sites is 1. The van der Waals surface area contributed by atoms with E-state index >= 15 is 0 Å². The van der Waals surface area contributed by atoms with Gasteiger partial charge in [0.2, 0.25) is 5.91 Å². The molecule has 0 bridgehead atoms. The number of nitrogens with one attached hydrogen (secondary N) is 2. The zero-order valence-electron chi connectivity index (χ0n) is 15.1. The summed E-state index contributed by atoms with van der Waals surface area (Å²) < 4.78 is 5.33. The predicted molar refractivity (Wildman–Crippen MR) is 109 cm³/mol. The van der Waals surface area contributed by atoms with E-state index < -0.39 is 0 Å². The number of amides is 1. The van der Waals surface area contributed by atoms with Gasteiger partial charge in [-0.15, -0.1) is 24.0 Å². The molecule has 24 heavy (non-hydrogen) atoms. The van der Waals surface area contributed by atoms with Crippen molar-refractivity contribution in [3.05, 3.63) is 29.8 Å². The van der Waals surface area contributed by atoms with Gasteiger partial charge in [-0.05, 0) is 12.0 Å². The number of carbonyl (C=O) groups excluding carboxylic acids is 1. The molecule has 0 radical (unpaired) electrons. The van der Waals surface area contributed by atoms with Crippen LogP contribution in [-0.2, 0) is 11.3 Å². The molecule has 2 N–H and O–H groups in total. The summed E-state index contributed by atoms with van der Waals surface area (Å²) in [5.74, 6) is 1.92. The molecule has 0 aromatic heterocycles. The molecule has 0 atom stereocenters. The fourth-order valence-electron chi connectivity index (χ4n) is 1.79. The van der Waals surface area contributed by atoms with Crippen molar-refractivity contribution in [2.75, 3.05) is 34.3 Å². The molecule has 0 aliphatic rings. The van der Waals surface area contributed by atoms with Crippen LogP contribution in [0, 0.1) is 5.92 Å². The average Bonchev–Trinajstić information content (AvgIpc) is 2.53. The van der Waals surface area contributed by atoms with Crippen molar-refractivity contribution in [1.29, 1.82) is 0 Å². The molecule has 0 unspecified atom stereocenters. The maximum atomic E-state index is 11.7. The van der Waals surface area contributed by atoms with Crippen LogP contribution in [0.2, 0.25) is 0 Å². The van der Waals surface area contributed by atoms with Gasteiger partial charge in [0.05, 0.1) is 20.2 Å². The highest BCUT2D eigenvalue weighted by Crippen LogP contribution is 2.17. The Hall–Kier alpha value is -1.51. The van der Waals surface area contributed by atoms with Crippen molar-refractivity contribution in [3.8, 4) is 5.75 Å². The Morgan fingerprint density at radius 2 is 1.92 bits per heavy atom. The first kappa shape index (κ1) is 22.5. The lowest BCUT2D eigenvalue weighted by Crippen LogP contribution is -2.44. The van der Waals surface area contributed by atoms with Crippen molar-refractivity contribution < 1.29 is 9.53 Å². The number of hydrogen-bond donors (Lipinski definition) is 2. The van der Waals surface area contributed by atoms with E-state index in [0.717, 1.165) is 17.9 Å². The first-order valence-electron chi connectivity index (χ1n) is 7.78. The monoisotopic (exact) mass is 448 g/mol. The Kier molecular flexibility index (Phi) is 11.2. The van der Waals surface area contributed by atoms with Crippen LogP contribution in [0.15, 0.2) is 29.3 Å². The minimum atomic E-state index is 0. The van der Waals surface area contributed by atoms with Gasteiger partial charge >= 0.3 is 0 Å². The molecule has 0 aliphatic carbocycles. The van der Waals surface area contributed by atoms with Crippen LogP contribution >= 0.6 is 24.0 Å². The Bertz CT molecular complexity index is 533. The number of carbonyl (C=O) groups is 1. The smallest absolute Gasteiger partial charge is 0.241 e. The Balaban J connectivity index is 0.00000529. The molecule has 1 aromatic rings. The minimum Gasteiger partial charge on any atom is -0.496 e. The molecule has 1 aromatic carbocycles. The third-order valence-corrected chi connectivity index (χ3v) is 3.18. The highest BCUT2D eigenvalue weighted by Gasteiger charge is 2.07. The number of benzene rings is 1. The summed E-state index contributed by atoms with van der Waals surface area (Å²) in [7, 11) is 5.11. The lowest BCUT2D eigenvalue weighted by Gasteiger charge is -2.16. The van der Waals surface area contributed by atoms with Gasteiger partial charge in [0.25, 0.3) is 0 Å². The van der Waals surface area contributed by atoms with E-state index in [9.17, 15) is 4.79 Å². The number of rotatable bonds is 7. The van der Waals surface area contributed by atoms with Gasteiger partial charge in [0, 0.05) is 26.2 Å². The van der Waals surface area contributed by atoms with Gasteiger partial charge in [-0.1, -0.05) is 32.0 Å². The molecule has 0 spiro atoms. The molecular formula is C17H29IN4O2. The van der Waals surface area contributed by atoms with Gasteiger partial charge in [-0.2, -0.15) is 0 Å². The first-order valence-corrected chi connectivity index (χ1v) is 7.78. The van der Waals surface area contributed by atoms with E-state index in [1.165, 1.54) is 0 Å². The van der Waals surface area contributed by atoms with E-state index in [0.29, 0.717) is 18.4 Å². The Morgan fingerprint density at radius 1 is 1.25 bits per heavy atom. The van der Waals surface area contributed by atoms with E-state index in [1.54, 1.807) is 26.1 Å². The highest BCUT2D eigenvalue weighted by molar-refractivity contribution is 14.0. The first-order chi connectivity index (χ1) is 10.9. The van der Waals surface area contributed by atoms with E-state index in [2.05, 4.69) is 29.5 Å². The van der Waals surface area contributed by atoms with Gasteiger partial charge in [-0.3, -0.25) is 4.79 Å². The summed E-state index contributed by atoms with van der Waals surface area (Å²) in [6, 6.07) is 7.78. The van der Waals surface area contributed by atoms with Crippen LogP contribution in [-0.4, -0.2) is 51.1 Å². The van der Waals surface area contributed by atoms with E-state index in [1.807, 2.05) is 24.3 Å². The van der Waals surface area contributed by atoms with Crippen LogP contribution in [0.1, 0.15) is 19.4 Å². The number of ether oxygens (including phenoxy) is 1. The molecule has 1 amide bonds. The number of guanidine groups is 1. The van der Waals surface area contributed by atoms with Gasteiger partial charge in [0.1, 0.15) is 5.75 Å². The van der Waals surface area contributed by atoms with Crippen LogP contribution in [0.25, 0.3) is 0 Å². The van der Waals surface area contributed by atoms with Crippen molar-refractivity contribution in [2.24, 2.45) is 10.9 Å². The largest absolute Gasteiger partial charge is 0.496 e. The second-order valence-electron chi connectivity index (χ2n) is 5.89. The topological polar surface area (TPSA) is 66.0 Å². The molecule has 0 saturated carbocycles. The maximum absolute atomic E-state index is 11.7. The standard InChI is InChI=1S/C17H28N4O2.HI/c1-13(2)10-18-17(20-12-16(22)21(3)4)19-11-14-8-6-7-9-15(14)23-5;/h6-9,13H,10-12H2,1-5H3,(H2,18,19,20);1H. The third kappa shape index (κ3) is 8.37. The summed E-state index contributed by atoms with van der Waals surface area (Å²) in [5.41, 5.74) is 1.000. The molecule has 0 heterocycles. The molecule has 0 aliphatic heterocycles. The molecule has 136 valence electrons. The van der Waals surface area contributed by atoms with Gasteiger partial charge in [0.15, 0.2) is 5.96 Å². The molecule has 0 saturated heterocycles. The van der Waals surface area contributed by atoms with E-state index in [-0.39, 0.29) is 36.4 Å². The summed E-state index contributed by atoms with van der Waals surface area (Å²) >= 11 is 0. The minimum absolute atomic E-state index is 0. The van der Waals surface area contributed by atoms with Crippen molar-refractivity contribution in [1.82, 2.24) is 15.5 Å². The number of nitrogens with zero attached hydrogens (tertiary/aromatic N) is 2. The lowest BCUT2D eigenvalue weighted by atomic mass is 10.2. The molecular weight excluding hydrogens is 419 g/mol. The molecule has 1 rings (SSSR count). The normalized spacial score (nSPS) is 10.8. The number of likely N-dealkylation sites (N-methyl/N-ethyl adjacent to an activating group) is 1. The van der Waals surface area contributed by atoms with Crippen molar-refractivity contribution in [3.63, 3.8) is 0 Å². The SMILES string of the molecule is COc1ccccc1CN=C(NCC(=O)N(C)C)NCC(C)C.I. The van der Waals surface area contributed by atoms with Crippen LogP contribution in [0.5, 0.6) is 5.75 Å². The highest BCUT2D eigenvalue weighted by atomic mass is 127. The summed E-state index contributed by atoms with van der Waals surface area (Å²) in [6.45, 7) is 5.72. The second kappa shape index (κ2) is 11.9. The van der Waals surface area contributed by atoms with Crippen LogP contribution in [0.4, 0.5) is 0 Å². The van der Waals surface area contributed by atoms with Crippen LogP contribution < -0.4 is 15.4 Å². The average molecular weight is 448 g/mol. The Labute approximate surface area is 162 Å². The fourth-order valence-corrected chi connectivity index (χ4v) is 1.79. The number of aliphatic imine (C=N–C) groups is 1. The second-order valence-corrected chi connectivity index (χ2v) is 5.89. The molecule has 7 heteroatoms. The van der Waals surface area contributed by atoms with E-state index in [4.69, 9.17) is 4.74 Å². The van der Waals surface area contributed by atoms with Crippen LogP contribution in [0.3, 0.4) is 0 Å². The Morgan fingerprint density at radius 3 is 2.50 bits per heavy atom. The fraction of sp³-hybridized carbons (Fsp3) is 0.529. The quantitative estimate of drug-likeness (QED) is 0.381. The molecule has 0 fully saturated rings. The lowest BCUT2D eigenvalue weighted by molar-refractivity contribution is -0.127. The number of halogens is 1. The maximum Gasteiger partial charge on any atom is 0.241 e. The zero-order valence-corrected chi connectivity index (χ0v) is 17.5. The summed E-state index contributed by atoms with van der Waals surface area (Å²) in [4.78, 5) is 17.8. The van der Waals surface area contributed by atoms with Gasteiger partial charge in [-0.25, -0.2) is 4.99 Å². The number of hydrogen-bond acceptors (Lipinski definition) is 3. The van der Waals surface area contributed by atoms with Gasteiger partial charge < -0.3 is 20.3 Å². The zero-order chi connectivity index (χ0) is 17.2. The third-order valence-electron chi connectivity index (χ3n) is 3.18. The van der Waals surface area contributed by atoms with Crippen molar-refractivity contribution in [2.45, 2.75) is 20.4 Å². The summed E-state index contributed by atoms with van der Waals surface area (Å²) in [6.07, 6.45) is 0. The summed E-state index contributed by atoms with van der Waals surface area (Å²) in [5, 5.41) is 6.32.